The minimum Gasteiger partial charge on any atom is -0.353 e. The maximum Gasteiger partial charge on any atom is 0.251 e. The van der Waals surface area contributed by atoms with Gasteiger partial charge in [-0.3, -0.25) is 9.89 Å². The van der Waals surface area contributed by atoms with Gasteiger partial charge in [0.05, 0.1) is 27.9 Å². The van der Waals surface area contributed by atoms with E-state index in [2.05, 4.69) is 47.9 Å². The Bertz CT molecular complexity index is 1080. The lowest BCUT2D eigenvalue weighted by Gasteiger charge is -2.16. The molecular weight excluding hydrogens is 360 g/mol. The molecule has 0 bridgehead atoms. The second-order valence-corrected chi connectivity index (χ2v) is 7.60. The number of fused-ring (bicyclic) bond motifs is 1. The van der Waals surface area contributed by atoms with Crippen LogP contribution in [-0.2, 0) is 0 Å². The van der Waals surface area contributed by atoms with Crippen molar-refractivity contribution < 1.29 is 4.79 Å². The smallest absolute Gasteiger partial charge is 0.251 e. The van der Waals surface area contributed by atoms with Gasteiger partial charge in [-0.25, -0.2) is 4.98 Å². The first-order valence-corrected chi connectivity index (χ1v) is 9.72. The number of thiophene rings is 1. The van der Waals surface area contributed by atoms with E-state index in [1.165, 1.54) is 4.88 Å². The van der Waals surface area contributed by atoms with Crippen LogP contribution in [0.15, 0.2) is 48.1 Å². The predicted molar refractivity (Wildman–Crippen MR) is 106 cm³/mol. The lowest BCUT2D eigenvalue weighted by molar-refractivity contribution is 0.0940. The van der Waals surface area contributed by atoms with Crippen LogP contribution in [0.5, 0.6) is 0 Å². The van der Waals surface area contributed by atoms with E-state index < -0.39 is 0 Å². The molecule has 1 unspecified atom stereocenters. The van der Waals surface area contributed by atoms with E-state index in [1.54, 1.807) is 17.7 Å². The summed E-state index contributed by atoms with van der Waals surface area (Å²) in [6.45, 7) is 1.63. The van der Waals surface area contributed by atoms with Gasteiger partial charge in [-0.1, -0.05) is 6.07 Å². The van der Waals surface area contributed by atoms with Crippen molar-refractivity contribution in [1.29, 1.82) is 0 Å². The summed E-state index contributed by atoms with van der Waals surface area (Å²) < 4.78 is 0. The summed E-state index contributed by atoms with van der Waals surface area (Å²) in [5, 5.41) is 12.7. The van der Waals surface area contributed by atoms with Crippen LogP contribution < -0.4 is 10.2 Å². The average Bonchev–Trinajstić information content (AvgIpc) is 3.47. The predicted octanol–water partition coefficient (Wildman–Crippen LogP) is 3.02. The molecule has 4 aromatic rings. The van der Waals surface area contributed by atoms with E-state index in [9.17, 15) is 4.79 Å². The SMILES string of the molecule is O=C(NC1CCN(c2cc(-c3cccs3)[nH]n2)C1)c1ccc2nc[nH]c2c1. The Morgan fingerprint density at radius 1 is 1.30 bits per heavy atom. The van der Waals surface area contributed by atoms with Crippen LogP contribution in [0, 0.1) is 0 Å². The highest BCUT2D eigenvalue weighted by Crippen LogP contribution is 2.27. The minimum atomic E-state index is -0.0559. The summed E-state index contributed by atoms with van der Waals surface area (Å²) in [4.78, 5) is 23.2. The molecule has 4 heterocycles. The molecule has 136 valence electrons. The van der Waals surface area contributed by atoms with Crippen LogP contribution >= 0.6 is 11.3 Å². The molecule has 5 rings (SSSR count). The zero-order chi connectivity index (χ0) is 18.2. The topological polar surface area (TPSA) is 89.7 Å². The molecule has 1 aromatic carbocycles. The van der Waals surface area contributed by atoms with Crippen molar-refractivity contribution >= 4 is 34.1 Å². The lowest BCUT2D eigenvalue weighted by Crippen LogP contribution is -2.37. The maximum atomic E-state index is 12.6. The normalized spacial score (nSPS) is 16.9. The molecule has 0 spiro atoms. The molecule has 0 aliphatic carbocycles. The van der Waals surface area contributed by atoms with Gasteiger partial charge in [0, 0.05) is 30.8 Å². The minimum absolute atomic E-state index is 0.0559. The van der Waals surface area contributed by atoms with E-state index in [1.807, 2.05) is 24.3 Å². The molecular formula is C19H18N6OS. The molecule has 8 heteroatoms. The third-order valence-electron chi connectivity index (χ3n) is 4.88. The Balaban J connectivity index is 1.25. The van der Waals surface area contributed by atoms with E-state index in [0.29, 0.717) is 5.56 Å². The van der Waals surface area contributed by atoms with Crippen LogP contribution in [-0.4, -0.2) is 45.2 Å². The Morgan fingerprint density at radius 3 is 3.15 bits per heavy atom. The number of H-pyrrole nitrogens is 2. The molecule has 1 saturated heterocycles. The molecule has 27 heavy (non-hydrogen) atoms. The molecule has 0 saturated carbocycles. The third kappa shape index (κ3) is 3.08. The van der Waals surface area contributed by atoms with Crippen molar-refractivity contribution in [3.63, 3.8) is 0 Å². The summed E-state index contributed by atoms with van der Waals surface area (Å²) in [6, 6.07) is 11.8. The largest absolute Gasteiger partial charge is 0.353 e. The number of nitrogens with one attached hydrogen (secondary N) is 3. The summed E-state index contributed by atoms with van der Waals surface area (Å²) in [5.74, 6) is 0.869. The van der Waals surface area contributed by atoms with E-state index in [0.717, 1.165) is 42.1 Å². The Morgan fingerprint density at radius 2 is 2.26 bits per heavy atom. The number of aromatic amines is 2. The summed E-state index contributed by atoms with van der Waals surface area (Å²) >= 11 is 1.69. The maximum absolute atomic E-state index is 12.6. The quantitative estimate of drug-likeness (QED) is 0.509. The molecule has 0 radical (unpaired) electrons. The third-order valence-corrected chi connectivity index (χ3v) is 5.78. The summed E-state index contributed by atoms with van der Waals surface area (Å²) in [7, 11) is 0. The highest BCUT2D eigenvalue weighted by atomic mass is 32.1. The number of carbonyl (C=O) groups excluding carboxylic acids is 1. The number of hydrogen-bond donors (Lipinski definition) is 3. The van der Waals surface area contributed by atoms with Gasteiger partial charge in [0.25, 0.3) is 5.91 Å². The van der Waals surface area contributed by atoms with Gasteiger partial charge in [0.15, 0.2) is 5.82 Å². The molecule has 3 N–H and O–H groups in total. The van der Waals surface area contributed by atoms with Crippen molar-refractivity contribution in [2.45, 2.75) is 12.5 Å². The molecule has 1 atom stereocenters. The first-order valence-electron chi connectivity index (χ1n) is 8.84. The fraction of sp³-hybridized carbons (Fsp3) is 0.211. The first kappa shape index (κ1) is 16.1. The number of aromatic nitrogens is 4. The fourth-order valence-corrected chi connectivity index (χ4v) is 4.16. The van der Waals surface area contributed by atoms with E-state index in [4.69, 9.17) is 0 Å². The zero-order valence-electron chi connectivity index (χ0n) is 14.5. The Labute approximate surface area is 159 Å². The molecule has 1 aliphatic rings. The van der Waals surface area contributed by atoms with Crippen molar-refractivity contribution in [3.8, 4) is 10.6 Å². The number of carbonyl (C=O) groups is 1. The molecule has 1 aliphatic heterocycles. The van der Waals surface area contributed by atoms with E-state index in [-0.39, 0.29) is 11.9 Å². The second-order valence-electron chi connectivity index (χ2n) is 6.66. The average molecular weight is 378 g/mol. The van der Waals surface area contributed by atoms with Crippen LogP contribution in [0.2, 0.25) is 0 Å². The number of hydrogen-bond acceptors (Lipinski definition) is 5. The van der Waals surface area contributed by atoms with Crippen molar-refractivity contribution in [2.75, 3.05) is 18.0 Å². The molecule has 7 nitrogen and oxygen atoms in total. The number of rotatable bonds is 4. The van der Waals surface area contributed by atoms with Crippen LogP contribution in [0.4, 0.5) is 5.82 Å². The van der Waals surface area contributed by atoms with Crippen molar-refractivity contribution in [2.24, 2.45) is 0 Å². The van der Waals surface area contributed by atoms with Gasteiger partial charge >= 0.3 is 0 Å². The highest BCUT2D eigenvalue weighted by molar-refractivity contribution is 7.13. The number of anilines is 1. The monoisotopic (exact) mass is 378 g/mol. The van der Waals surface area contributed by atoms with Crippen LogP contribution in [0.1, 0.15) is 16.8 Å². The molecule has 1 amide bonds. The van der Waals surface area contributed by atoms with Gasteiger partial charge in [-0.2, -0.15) is 5.10 Å². The fourth-order valence-electron chi connectivity index (χ4n) is 3.46. The molecule has 3 aromatic heterocycles. The van der Waals surface area contributed by atoms with Gasteiger partial charge < -0.3 is 15.2 Å². The standard InChI is InChI=1S/C19H18N6OS/c26-19(12-3-4-14-15(8-12)21-11-20-14)22-13-5-6-25(10-13)18-9-16(23-24-18)17-2-1-7-27-17/h1-4,7-9,11,13H,5-6,10H2,(H,20,21)(H,22,26)(H,23,24). The van der Waals surface area contributed by atoms with Gasteiger partial charge in [-0.15, -0.1) is 11.3 Å². The first-order chi connectivity index (χ1) is 13.3. The van der Waals surface area contributed by atoms with Gasteiger partial charge in [-0.05, 0) is 36.1 Å². The number of amides is 1. The highest BCUT2D eigenvalue weighted by Gasteiger charge is 2.26. The summed E-state index contributed by atoms with van der Waals surface area (Å²) in [6.07, 6.45) is 2.54. The van der Waals surface area contributed by atoms with Gasteiger partial charge in [0.1, 0.15) is 0 Å². The Hall–Kier alpha value is -3.13. The molecule has 1 fully saturated rings. The number of imidazole rings is 1. The van der Waals surface area contributed by atoms with Crippen molar-refractivity contribution in [3.05, 3.63) is 53.7 Å². The van der Waals surface area contributed by atoms with E-state index >= 15 is 0 Å². The number of nitrogens with zero attached hydrogens (tertiary/aromatic N) is 3. The summed E-state index contributed by atoms with van der Waals surface area (Å²) in [5.41, 5.74) is 3.40. The van der Waals surface area contributed by atoms with Crippen LogP contribution in [0.3, 0.4) is 0 Å². The number of benzene rings is 1. The lowest BCUT2D eigenvalue weighted by atomic mass is 10.1. The second kappa shape index (κ2) is 6.55. The van der Waals surface area contributed by atoms with Gasteiger partial charge in [0.2, 0.25) is 0 Å². The van der Waals surface area contributed by atoms with Crippen LogP contribution in [0.25, 0.3) is 21.6 Å². The van der Waals surface area contributed by atoms with Crippen molar-refractivity contribution in [1.82, 2.24) is 25.5 Å². The Kier molecular flexibility index (Phi) is 3.90. The zero-order valence-corrected chi connectivity index (χ0v) is 15.3.